The van der Waals surface area contributed by atoms with Crippen LogP contribution in [0.1, 0.15) is 83.0 Å². The van der Waals surface area contributed by atoms with Crippen molar-refractivity contribution in [2.24, 2.45) is 0 Å². The van der Waals surface area contributed by atoms with Crippen LogP contribution in [0.5, 0.6) is 28.7 Å². The summed E-state index contributed by atoms with van der Waals surface area (Å²) in [7, 11) is 11.4. The number of aryl methyl sites for hydroxylation is 1. The van der Waals surface area contributed by atoms with Crippen LogP contribution < -0.4 is 39.0 Å². The third kappa shape index (κ3) is 10.9. The van der Waals surface area contributed by atoms with E-state index in [1.807, 2.05) is 54.6 Å². The van der Waals surface area contributed by atoms with Gasteiger partial charge in [0.2, 0.25) is 0 Å². The van der Waals surface area contributed by atoms with Crippen molar-refractivity contribution in [1.29, 1.82) is 0 Å². The minimum atomic E-state index is -0.817. The lowest BCUT2D eigenvalue weighted by atomic mass is 9.92. The molecule has 1 aromatic heterocycles. The molecule has 11 heteroatoms. The van der Waals surface area contributed by atoms with E-state index in [4.69, 9.17) is 23.8 Å². The molecular formula is C44H58IN3O5PS+. The molecule has 0 saturated carbocycles. The van der Waals surface area contributed by atoms with E-state index in [1.54, 1.807) is 37.4 Å². The van der Waals surface area contributed by atoms with E-state index in [-0.39, 0.29) is 0 Å². The smallest absolute Gasteiger partial charge is 0.253 e. The molecule has 0 radical (unpaired) electrons. The summed E-state index contributed by atoms with van der Waals surface area (Å²) < 4.78 is 26.9. The Morgan fingerprint density at radius 1 is 0.891 bits per heavy atom. The summed E-state index contributed by atoms with van der Waals surface area (Å²) in [6, 6.07) is 21.6. The second-order valence-electron chi connectivity index (χ2n) is 13.5. The molecule has 0 aliphatic heterocycles. The fourth-order valence-corrected chi connectivity index (χ4v) is 8.46. The summed E-state index contributed by atoms with van der Waals surface area (Å²) in [6.45, 7) is 10.8. The first kappa shape index (κ1) is 44.3. The maximum atomic E-state index is 7.63. The number of halogens is 1. The fourth-order valence-electron chi connectivity index (χ4n) is 6.91. The van der Waals surface area contributed by atoms with Gasteiger partial charge in [-0.25, -0.2) is 0 Å². The summed E-state index contributed by atoms with van der Waals surface area (Å²) in [5.41, 5.74) is 5.00. The number of hydrogen-bond donors (Lipinski definition) is 1. The van der Waals surface area contributed by atoms with Gasteiger partial charge in [0.05, 0.1) is 45.3 Å². The molecule has 0 fully saturated rings. The SMILES string of the molecule is CC/C=C(C)\C=C(\C)Nc1cc(CCCC)cc(P)c1ON(C(c1c(OC)cccc1OC)c1c(OC)cccc1OC)C(C)(CCSI)[n+]1ccccc1. The first-order chi connectivity index (χ1) is 26.6. The van der Waals surface area contributed by atoms with Gasteiger partial charge >= 0.3 is 0 Å². The Hall–Kier alpha value is -3.44. The molecule has 2 unspecified atom stereocenters. The molecule has 4 rings (SSSR count). The van der Waals surface area contributed by atoms with Gasteiger partial charge in [0.15, 0.2) is 18.1 Å². The zero-order valence-corrected chi connectivity index (χ0v) is 37.9. The van der Waals surface area contributed by atoms with Gasteiger partial charge in [-0.15, -0.1) is 9.24 Å². The van der Waals surface area contributed by atoms with Crippen molar-refractivity contribution in [1.82, 2.24) is 5.06 Å². The van der Waals surface area contributed by atoms with Crippen LogP contribution in [0, 0.1) is 0 Å². The predicted molar refractivity (Wildman–Crippen MR) is 241 cm³/mol. The topological polar surface area (TPSA) is 65.3 Å². The zero-order chi connectivity index (χ0) is 40.0. The maximum Gasteiger partial charge on any atom is 0.253 e. The second kappa shape index (κ2) is 21.8. The standard InChI is InChI=1S/C44H58IN3O5PS/c1-10-12-19-33-29-34(46-32(4)28-31(3)18-11-2)43(39(54)30-33)53-48(44(5,24-27-55-45)47-25-14-13-15-26-47)42(40-35(49-6)20-16-21-36(40)50-7)41-37(51-8)22-17-23-38(41)52-9/h13-18,20-23,25-26,28-30,42,46H,10-12,19,24,27,54H2,1-9H3/q+1/b31-18-,32-28-. The molecule has 2 atom stereocenters. The Labute approximate surface area is 347 Å². The largest absolute Gasteiger partial charge is 0.496 e. The number of unbranched alkanes of at least 4 members (excludes halogenated alkanes) is 1. The quantitative estimate of drug-likeness (QED) is 0.0292. The van der Waals surface area contributed by atoms with Crippen LogP contribution in [0.25, 0.3) is 0 Å². The van der Waals surface area contributed by atoms with Crippen LogP contribution in [-0.4, -0.2) is 39.3 Å². The van der Waals surface area contributed by atoms with Crippen LogP contribution >= 0.6 is 39.4 Å². The minimum absolute atomic E-state index is 0.630. The minimum Gasteiger partial charge on any atom is -0.496 e. The lowest BCUT2D eigenvalue weighted by Crippen LogP contribution is -2.66. The molecule has 0 aliphatic rings. The summed E-state index contributed by atoms with van der Waals surface area (Å²) in [5, 5.41) is 6.76. The highest BCUT2D eigenvalue weighted by Crippen LogP contribution is 2.50. The molecule has 0 amide bonds. The van der Waals surface area contributed by atoms with E-state index >= 15 is 0 Å². The van der Waals surface area contributed by atoms with E-state index < -0.39 is 11.7 Å². The number of allylic oxidation sites excluding steroid dienone is 4. The van der Waals surface area contributed by atoms with Crippen LogP contribution in [0.3, 0.4) is 0 Å². The molecule has 8 nitrogen and oxygen atoms in total. The van der Waals surface area contributed by atoms with Gasteiger partial charge in [0.25, 0.3) is 5.66 Å². The van der Waals surface area contributed by atoms with Crippen molar-refractivity contribution in [3.05, 3.63) is 119 Å². The van der Waals surface area contributed by atoms with E-state index in [1.165, 1.54) is 11.1 Å². The number of methoxy groups -OCH3 is 4. The molecule has 0 spiro atoms. The predicted octanol–water partition coefficient (Wildman–Crippen LogP) is 10.8. The molecule has 0 aliphatic carbocycles. The monoisotopic (exact) mass is 898 g/mol. The van der Waals surface area contributed by atoms with Gasteiger partial charge in [-0.3, -0.25) is 0 Å². The van der Waals surface area contributed by atoms with E-state index in [2.05, 4.69) is 117 Å². The van der Waals surface area contributed by atoms with Gasteiger partial charge in [-0.1, -0.05) is 64.1 Å². The number of nitrogens with zero attached hydrogens (tertiary/aromatic N) is 2. The Kier molecular flexibility index (Phi) is 17.5. The van der Waals surface area contributed by atoms with Crippen molar-refractivity contribution in [2.75, 3.05) is 39.5 Å². The normalized spacial score (nSPS) is 13.1. The first-order valence-corrected chi connectivity index (χ1v) is 22.8. The van der Waals surface area contributed by atoms with Crippen molar-refractivity contribution in [2.45, 2.75) is 78.4 Å². The Morgan fingerprint density at radius 2 is 1.45 bits per heavy atom. The van der Waals surface area contributed by atoms with Gasteiger partial charge in [0, 0.05) is 42.2 Å². The second-order valence-corrected chi connectivity index (χ2v) is 16.6. The van der Waals surface area contributed by atoms with E-state index in [9.17, 15) is 0 Å². The number of nitrogens with one attached hydrogen (secondary N) is 1. The van der Waals surface area contributed by atoms with Gasteiger partial charge < -0.3 is 29.1 Å². The number of ether oxygens (including phenoxy) is 4. The average molecular weight is 899 g/mol. The number of aromatic nitrogens is 1. The van der Waals surface area contributed by atoms with Crippen LogP contribution in [0.15, 0.2) is 103 Å². The Morgan fingerprint density at radius 3 is 1.95 bits per heavy atom. The molecule has 296 valence electrons. The van der Waals surface area contributed by atoms with Crippen molar-refractivity contribution < 1.29 is 28.4 Å². The number of pyridine rings is 1. The molecule has 0 bridgehead atoms. The molecule has 1 N–H and O–H groups in total. The summed E-state index contributed by atoms with van der Waals surface area (Å²) in [6.07, 6.45) is 13.4. The third-order valence-corrected chi connectivity index (χ3v) is 11.7. The summed E-state index contributed by atoms with van der Waals surface area (Å²) in [5.74, 6) is 4.03. The molecule has 3 aromatic carbocycles. The molecular weight excluding hydrogens is 840 g/mol. The van der Waals surface area contributed by atoms with E-state index in [0.717, 1.165) is 59.3 Å². The number of anilines is 1. The Balaban J connectivity index is 2.18. The van der Waals surface area contributed by atoms with Crippen molar-refractivity contribution >= 4 is 50.4 Å². The van der Waals surface area contributed by atoms with Crippen LogP contribution in [0.2, 0.25) is 0 Å². The molecule has 0 saturated heterocycles. The number of benzene rings is 3. The lowest BCUT2D eigenvalue weighted by Gasteiger charge is -2.42. The van der Waals surface area contributed by atoms with E-state index in [0.29, 0.717) is 35.2 Å². The summed E-state index contributed by atoms with van der Waals surface area (Å²) >= 11 is 2.38. The lowest BCUT2D eigenvalue weighted by molar-refractivity contribution is -0.798. The van der Waals surface area contributed by atoms with Crippen molar-refractivity contribution in [3.8, 4) is 28.7 Å². The van der Waals surface area contributed by atoms with Gasteiger partial charge in [-0.2, -0.15) is 4.57 Å². The first-order valence-electron chi connectivity index (χ1n) is 18.7. The molecule has 1 heterocycles. The highest BCUT2D eigenvalue weighted by atomic mass is 127. The zero-order valence-electron chi connectivity index (χ0n) is 33.8. The maximum absolute atomic E-state index is 7.63. The summed E-state index contributed by atoms with van der Waals surface area (Å²) in [4.78, 5) is 7.63. The van der Waals surface area contributed by atoms with Gasteiger partial charge in [-0.05, 0) is 102 Å². The average Bonchev–Trinajstić information content (AvgIpc) is 3.19. The highest BCUT2D eigenvalue weighted by molar-refractivity contribution is 14.2. The number of hydrogen-bond acceptors (Lipinski definition) is 8. The third-order valence-electron chi connectivity index (χ3n) is 9.60. The highest BCUT2D eigenvalue weighted by Gasteiger charge is 2.51. The molecule has 4 aromatic rings. The van der Waals surface area contributed by atoms with Gasteiger partial charge in [0.1, 0.15) is 29.0 Å². The Bertz CT molecular complexity index is 1810. The number of hydroxylamine groups is 2. The van der Waals surface area contributed by atoms with Crippen molar-refractivity contribution in [3.63, 3.8) is 0 Å². The van der Waals surface area contributed by atoms with Crippen LogP contribution in [-0.2, 0) is 12.1 Å². The number of rotatable bonds is 21. The fraction of sp³-hybridized carbons (Fsp3) is 0.386. The molecule has 55 heavy (non-hydrogen) atoms. The van der Waals surface area contributed by atoms with Crippen LogP contribution in [0.4, 0.5) is 5.69 Å².